The van der Waals surface area contributed by atoms with Gasteiger partial charge in [-0.3, -0.25) is 0 Å². The highest BCUT2D eigenvalue weighted by molar-refractivity contribution is 6.01. The molecular weight excluding hydrogens is 246 g/mol. The van der Waals surface area contributed by atoms with E-state index in [1.54, 1.807) is 6.07 Å². The molecule has 19 heavy (non-hydrogen) atoms. The third kappa shape index (κ3) is 1.52. The molecule has 0 unspecified atom stereocenters. The molecule has 5 heteroatoms. The zero-order chi connectivity index (χ0) is 13.7. The first-order chi connectivity index (χ1) is 8.99. The molecule has 0 saturated heterocycles. The number of phenols is 4. The van der Waals surface area contributed by atoms with Gasteiger partial charge in [-0.05, 0) is 24.6 Å². The van der Waals surface area contributed by atoms with E-state index in [2.05, 4.69) is 4.98 Å². The fraction of sp³-hybridized carbons (Fsp3) is 0.0714. The maximum Gasteiger partial charge on any atom is 0.206 e. The highest BCUT2D eigenvalue weighted by atomic mass is 16.3. The lowest BCUT2D eigenvalue weighted by Gasteiger charge is -2.09. The molecule has 1 aromatic heterocycles. The van der Waals surface area contributed by atoms with Crippen LogP contribution < -0.4 is 0 Å². The monoisotopic (exact) mass is 257 g/mol. The summed E-state index contributed by atoms with van der Waals surface area (Å²) in [4.78, 5) is 4.22. The van der Waals surface area contributed by atoms with Crippen molar-refractivity contribution in [2.24, 2.45) is 0 Å². The normalized spacial score (nSPS) is 11.2. The zero-order valence-corrected chi connectivity index (χ0v) is 10.0. The Labute approximate surface area is 108 Å². The van der Waals surface area contributed by atoms with Crippen molar-refractivity contribution in [1.29, 1.82) is 0 Å². The van der Waals surface area contributed by atoms with Crippen LogP contribution in [0.2, 0.25) is 0 Å². The minimum Gasteiger partial charge on any atom is -0.504 e. The molecule has 96 valence electrons. The number of hydrogen-bond donors (Lipinski definition) is 4. The number of aromatic hydroxyl groups is 4. The van der Waals surface area contributed by atoms with Crippen LogP contribution in [0.5, 0.6) is 23.0 Å². The Balaban J connectivity index is 2.55. The number of benzene rings is 2. The quantitative estimate of drug-likeness (QED) is 0.282. The van der Waals surface area contributed by atoms with Crippen LogP contribution in [0.1, 0.15) is 5.56 Å². The van der Waals surface area contributed by atoms with Crippen LogP contribution in [0.4, 0.5) is 0 Å². The number of fused-ring (bicyclic) bond motifs is 2. The van der Waals surface area contributed by atoms with E-state index in [-0.39, 0.29) is 10.9 Å². The van der Waals surface area contributed by atoms with E-state index in [1.807, 2.05) is 25.1 Å². The molecule has 3 aromatic rings. The van der Waals surface area contributed by atoms with Crippen molar-refractivity contribution in [2.45, 2.75) is 6.92 Å². The van der Waals surface area contributed by atoms with Crippen molar-refractivity contribution in [2.75, 3.05) is 0 Å². The van der Waals surface area contributed by atoms with E-state index in [0.29, 0.717) is 5.52 Å². The molecule has 0 aliphatic rings. The number of pyridine rings is 1. The summed E-state index contributed by atoms with van der Waals surface area (Å²) >= 11 is 0. The van der Waals surface area contributed by atoms with Crippen LogP contribution in [0, 0.1) is 6.92 Å². The lowest BCUT2D eigenvalue weighted by Crippen LogP contribution is -1.86. The van der Waals surface area contributed by atoms with Crippen LogP contribution in [0.25, 0.3) is 21.8 Å². The maximum absolute atomic E-state index is 9.82. The van der Waals surface area contributed by atoms with Gasteiger partial charge < -0.3 is 20.4 Å². The van der Waals surface area contributed by atoms with Gasteiger partial charge in [-0.1, -0.05) is 12.1 Å². The summed E-state index contributed by atoms with van der Waals surface area (Å²) in [6.07, 6.45) is 0. The molecule has 3 rings (SSSR count). The van der Waals surface area contributed by atoms with E-state index >= 15 is 0 Å². The van der Waals surface area contributed by atoms with Crippen LogP contribution in [0.15, 0.2) is 24.3 Å². The van der Waals surface area contributed by atoms with Crippen molar-refractivity contribution in [3.05, 3.63) is 29.8 Å². The highest BCUT2D eigenvalue weighted by Gasteiger charge is 2.19. The van der Waals surface area contributed by atoms with Gasteiger partial charge in [0.25, 0.3) is 0 Å². The molecule has 0 spiro atoms. The van der Waals surface area contributed by atoms with Gasteiger partial charge in [-0.15, -0.1) is 0 Å². The van der Waals surface area contributed by atoms with Crippen molar-refractivity contribution < 1.29 is 20.4 Å². The van der Waals surface area contributed by atoms with E-state index in [4.69, 9.17) is 0 Å². The number of phenolic OH excluding ortho intramolecular Hbond substituents is 4. The second kappa shape index (κ2) is 3.65. The highest BCUT2D eigenvalue weighted by Crippen LogP contribution is 2.48. The van der Waals surface area contributed by atoms with Crippen molar-refractivity contribution in [3.8, 4) is 23.0 Å². The van der Waals surface area contributed by atoms with Crippen LogP contribution >= 0.6 is 0 Å². The first-order valence-electron chi connectivity index (χ1n) is 5.66. The van der Waals surface area contributed by atoms with Gasteiger partial charge in [0.15, 0.2) is 11.5 Å². The zero-order valence-electron chi connectivity index (χ0n) is 10.0. The summed E-state index contributed by atoms with van der Waals surface area (Å²) in [6.45, 7) is 1.91. The lowest BCUT2D eigenvalue weighted by atomic mass is 10.1. The summed E-state index contributed by atoms with van der Waals surface area (Å²) in [6, 6.07) is 7.16. The Morgan fingerprint density at radius 2 is 1.53 bits per heavy atom. The fourth-order valence-electron chi connectivity index (χ4n) is 2.10. The molecule has 0 fully saturated rings. The van der Waals surface area contributed by atoms with Crippen LogP contribution in [0.3, 0.4) is 0 Å². The molecular formula is C14H11NO4. The molecule has 0 saturated carbocycles. The van der Waals surface area contributed by atoms with E-state index in [1.165, 1.54) is 0 Å². The molecule has 5 nitrogen and oxygen atoms in total. The standard InChI is InChI=1S/C14H11NO4/c1-6-2-3-7-5-8-10(15-9(7)4-6)12(17)14(19)13(18)11(8)16/h2-5,16-19H,1H3. The largest absolute Gasteiger partial charge is 0.504 e. The van der Waals surface area contributed by atoms with Gasteiger partial charge >= 0.3 is 0 Å². The van der Waals surface area contributed by atoms with Gasteiger partial charge in [0.2, 0.25) is 11.5 Å². The van der Waals surface area contributed by atoms with Gasteiger partial charge in [0.05, 0.1) is 10.9 Å². The van der Waals surface area contributed by atoms with Crippen molar-refractivity contribution >= 4 is 21.8 Å². The third-order valence-electron chi connectivity index (χ3n) is 3.13. The Morgan fingerprint density at radius 3 is 2.26 bits per heavy atom. The first-order valence-corrected chi connectivity index (χ1v) is 5.66. The molecule has 4 N–H and O–H groups in total. The van der Waals surface area contributed by atoms with Gasteiger partial charge in [-0.25, -0.2) is 4.98 Å². The second-order valence-electron chi connectivity index (χ2n) is 4.48. The Hall–Kier alpha value is -2.69. The summed E-state index contributed by atoms with van der Waals surface area (Å²) in [5.74, 6) is -2.57. The van der Waals surface area contributed by atoms with Gasteiger partial charge in [0.1, 0.15) is 5.52 Å². The predicted molar refractivity (Wildman–Crippen MR) is 70.6 cm³/mol. The van der Waals surface area contributed by atoms with Gasteiger partial charge in [-0.2, -0.15) is 0 Å². The molecule has 0 amide bonds. The first kappa shape index (κ1) is 11.4. The molecule has 1 heterocycles. The summed E-state index contributed by atoms with van der Waals surface area (Å²) < 4.78 is 0. The third-order valence-corrected chi connectivity index (χ3v) is 3.13. The van der Waals surface area contributed by atoms with E-state index < -0.39 is 23.0 Å². The summed E-state index contributed by atoms with van der Waals surface area (Å²) in [5.41, 5.74) is 1.68. The average Bonchev–Trinajstić information content (AvgIpc) is 2.41. The SMILES string of the molecule is Cc1ccc2cc3c(O)c(O)c(O)c(O)c3nc2c1. The van der Waals surface area contributed by atoms with Gasteiger partial charge in [0, 0.05) is 5.39 Å². The molecule has 0 aliphatic carbocycles. The minimum absolute atomic E-state index is 0.0471. The molecule has 2 aromatic carbocycles. The van der Waals surface area contributed by atoms with E-state index in [9.17, 15) is 20.4 Å². The summed E-state index contributed by atoms with van der Waals surface area (Å²) in [7, 11) is 0. The molecule has 0 aliphatic heterocycles. The van der Waals surface area contributed by atoms with Crippen LogP contribution in [-0.4, -0.2) is 25.4 Å². The molecule has 0 atom stereocenters. The maximum atomic E-state index is 9.82. The number of aryl methyl sites for hydroxylation is 1. The Bertz CT molecular complexity index is 827. The number of rotatable bonds is 0. The fourth-order valence-corrected chi connectivity index (χ4v) is 2.10. The Morgan fingerprint density at radius 1 is 0.842 bits per heavy atom. The topological polar surface area (TPSA) is 93.8 Å². The second-order valence-corrected chi connectivity index (χ2v) is 4.48. The van der Waals surface area contributed by atoms with Crippen molar-refractivity contribution in [3.63, 3.8) is 0 Å². The molecule has 0 bridgehead atoms. The van der Waals surface area contributed by atoms with E-state index in [0.717, 1.165) is 10.9 Å². The van der Waals surface area contributed by atoms with Crippen molar-refractivity contribution in [1.82, 2.24) is 4.98 Å². The van der Waals surface area contributed by atoms with Crippen LogP contribution in [-0.2, 0) is 0 Å². The smallest absolute Gasteiger partial charge is 0.206 e. The predicted octanol–water partition coefficient (Wildman–Crippen LogP) is 2.52. The summed E-state index contributed by atoms with van der Waals surface area (Å²) in [5, 5.41) is 39.6. The lowest BCUT2D eigenvalue weighted by molar-refractivity contribution is 0.350. The molecule has 0 radical (unpaired) electrons. The number of nitrogens with zero attached hydrogens (tertiary/aromatic N) is 1. The number of hydrogen-bond acceptors (Lipinski definition) is 5. The Kier molecular flexibility index (Phi) is 2.19. The average molecular weight is 257 g/mol. The number of aromatic nitrogens is 1. The minimum atomic E-state index is -0.774.